The van der Waals surface area contributed by atoms with Gasteiger partial charge in [0.15, 0.2) is 0 Å². The van der Waals surface area contributed by atoms with E-state index in [0.29, 0.717) is 0 Å². The number of benzene rings is 2. The molecule has 0 N–H and O–H groups in total. The number of pyridine rings is 1. The molecule has 2 aromatic carbocycles. The Kier molecular flexibility index (Phi) is 2.70. The summed E-state index contributed by atoms with van der Waals surface area (Å²) in [6.45, 7) is 2.19. The molecule has 1 saturated carbocycles. The summed E-state index contributed by atoms with van der Waals surface area (Å²) in [4.78, 5) is 0. The largest absolute Gasteiger partial charge is 0.213 e. The van der Waals surface area contributed by atoms with Crippen molar-refractivity contribution in [2.75, 3.05) is 0 Å². The number of fused-ring (bicyclic) bond motifs is 1. The average Bonchev–Trinajstić information content (AvgIpc) is 2.54. The van der Waals surface area contributed by atoms with E-state index in [9.17, 15) is 0 Å². The molecule has 3 aliphatic rings. The van der Waals surface area contributed by atoms with E-state index in [1.54, 1.807) is 11.1 Å². The fourth-order valence-electron chi connectivity index (χ4n) is 4.74. The van der Waals surface area contributed by atoms with Gasteiger partial charge in [0.25, 0.3) is 0 Å². The topological polar surface area (TPSA) is 3.88 Å². The summed E-state index contributed by atoms with van der Waals surface area (Å²) >= 11 is 0. The van der Waals surface area contributed by atoms with Gasteiger partial charge >= 0.3 is 0 Å². The fourth-order valence-corrected chi connectivity index (χ4v) is 4.74. The van der Waals surface area contributed by atoms with Crippen molar-refractivity contribution in [3.63, 3.8) is 0 Å². The molecular weight excluding hydrogens is 278 g/mol. The maximum absolute atomic E-state index is 2.40. The van der Waals surface area contributed by atoms with Crippen molar-refractivity contribution >= 4 is 10.9 Å². The molecular formula is C22H22N+. The molecule has 1 heteroatoms. The Hall–Kier alpha value is -2.15. The summed E-state index contributed by atoms with van der Waals surface area (Å²) in [6.07, 6.45) is 4.13. The minimum atomic E-state index is 0.842. The van der Waals surface area contributed by atoms with Crippen molar-refractivity contribution in [1.82, 2.24) is 0 Å². The third-order valence-corrected chi connectivity index (χ3v) is 6.09. The van der Waals surface area contributed by atoms with Crippen molar-refractivity contribution < 1.29 is 4.57 Å². The van der Waals surface area contributed by atoms with Crippen LogP contribution >= 0.6 is 0 Å². The molecule has 3 aliphatic carbocycles. The van der Waals surface area contributed by atoms with Crippen LogP contribution in [0.2, 0.25) is 0 Å². The number of aromatic nitrogens is 1. The molecule has 1 fully saturated rings. The lowest BCUT2D eigenvalue weighted by Gasteiger charge is -2.42. The van der Waals surface area contributed by atoms with Crippen LogP contribution in [-0.2, 0) is 13.5 Å². The predicted octanol–water partition coefficient (Wildman–Crippen LogP) is 4.69. The molecule has 1 aromatic heterocycles. The van der Waals surface area contributed by atoms with E-state index < -0.39 is 0 Å². The lowest BCUT2D eigenvalue weighted by Crippen LogP contribution is -2.34. The van der Waals surface area contributed by atoms with Gasteiger partial charge in [-0.3, -0.25) is 0 Å². The lowest BCUT2D eigenvalue weighted by atomic mass is 9.62. The van der Waals surface area contributed by atoms with Crippen LogP contribution in [0.4, 0.5) is 0 Å². The first kappa shape index (κ1) is 13.3. The Morgan fingerprint density at radius 2 is 1.78 bits per heavy atom. The van der Waals surface area contributed by atoms with Crippen LogP contribution < -0.4 is 4.57 Å². The van der Waals surface area contributed by atoms with Gasteiger partial charge in [0.05, 0.1) is 0 Å². The van der Waals surface area contributed by atoms with Crippen molar-refractivity contribution in [2.24, 2.45) is 13.0 Å². The highest BCUT2D eigenvalue weighted by atomic mass is 14.9. The molecule has 0 amide bonds. The van der Waals surface area contributed by atoms with Gasteiger partial charge in [-0.15, -0.1) is 0 Å². The van der Waals surface area contributed by atoms with Crippen molar-refractivity contribution in [1.29, 1.82) is 0 Å². The van der Waals surface area contributed by atoms with Crippen LogP contribution in [-0.4, -0.2) is 0 Å². The Morgan fingerprint density at radius 3 is 2.61 bits per heavy atom. The van der Waals surface area contributed by atoms with Crippen LogP contribution in [0.5, 0.6) is 0 Å². The Morgan fingerprint density at radius 1 is 0.957 bits per heavy atom. The van der Waals surface area contributed by atoms with Crippen molar-refractivity contribution in [3.05, 3.63) is 65.2 Å². The second-order valence-corrected chi connectivity index (χ2v) is 7.40. The predicted molar refractivity (Wildman–Crippen MR) is 94.5 cm³/mol. The molecule has 0 saturated heterocycles. The standard InChI is InChI=1S/C22H22N/c1-14-5-3-4-6-17(14)21-10-8-19-20-13-15-11-16(12-15)18(20)7-9-22(19)23(21)2/h3-10,15-16H,11-13H2,1-2H3/q+1. The summed E-state index contributed by atoms with van der Waals surface area (Å²) < 4.78 is 2.37. The summed E-state index contributed by atoms with van der Waals surface area (Å²) in [7, 11) is 2.21. The zero-order valence-corrected chi connectivity index (χ0v) is 13.8. The molecule has 1 nitrogen and oxygen atoms in total. The third-order valence-electron chi connectivity index (χ3n) is 6.09. The SMILES string of the molecule is Cc1ccccc1-c1ccc2c3c(ccc2[n+]1C)C1CC(C3)C1. The first-order chi connectivity index (χ1) is 11.2. The second-order valence-electron chi connectivity index (χ2n) is 7.40. The van der Waals surface area contributed by atoms with Gasteiger partial charge in [0.2, 0.25) is 11.2 Å². The quantitative estimate of drug-likeness (QED) is 0.574. The number of hydrogen-bond donors (Lipinski definition) is 0. The fraction of sp³-hybridized carbons (Fsp3) is 0.318. The van der Waals surface area contributed by atoms with E-state index in [1.807, 2.05) is 0 Å². The van der Waals surface area contributed by atoms with Gasteiger partial charge in [0.1, 0.15) is 7.05 Å². The average molecular weight is 300 g/mol. The molecule has 0 aliphatic heterocycles. The van der Waals surface area contributed by atoms with Gasteiger partial charge in [-0.2, -0.15) is 4.57 Å². The molecule has 0 atom stereocenters. The maximum Gasteiger partial charge on any atom is 0.213 e. The number of hydrogen-bond acceptors (Lipinski definition) is 0. The summed E-state index contributed by atoms with van der Waals surface area (Å²) in [5, 5.41) is 1.47. The number of aryl methyl sites for hydroxylation is 2. The normalized spacial score (nSPS) is 21.8. The zero-order chi connectivity index (χ0) is 15.6. The molecule has 0 radical (unpaired) electrons. The van der Waals surface area contributed by atoms with Gasteiger partial charge in [-0.25, -0.2) is 0 Å². The second kappa shape index (κ2) is 4.67. The maximum atomic E-state index is 2.40. The van der Waals surface area contributed by atoms with Crippen LogP contribution in [0, 0.1) is 12.8 Å². The smallest absolute Gasteiger partial charge is 0.194 e. The molecule has 0 unspecified atom stereocenters. The highest BCUT2D eigenvalue weighted by Gasteiger charge is 2.38. The molecule has 114 valence electrons. The van der Waals surface area contributed by atoms with E-state index in [1.165, 1.54) is 47.0 Å². The first-order valence-electron chi connectivity index (χ1n) is 8.73. The molecule has 6 rings (SSSR count). The minimum absolute atomic E-state index is 0.842. The summed E-state index contributed by atoms with van der Waals surface area (Å²) in [5.74, 6) is 1.79. The zero-order valence-electron chi connectivity index (χ0n) is 13.8. The minimum Gasteiger partial charge on any atom is -0.194 e. The summed E-state index contributed by atoms with van der Waals surface area (Å²) in [6, 6.07) is 18.1. The molecule has 2 bridgehead atoms. The molecule has 23 heavy (non-hydrogen) atoms. The molecule has 3 aromatic rings. The van der Waals surface area contributed by atoms with Gasteiger partial charge in [-0.1, -0.05) is 24.3 Å². The highest BCUT2D eigenvalue weighted by Crippen LogP contribution is 2.51. The Labute approximate surface area is 137 Å². The van der Waals surface area contributed by atoms with Crippen LogP contribution in [0.1, 0.15) is 35.4 Å². The van der Waals surface area contributed by atoms with Crippen LogP contribution in [0.25, 0.3) is 22.2 Å². The van der Waals surface area contributed by atoms with Crippen LogP contribution in [0.3, 0.4) is 0 Å². The third kappa shape index (κ3) is 1.83. The van der Waals surface area contributed by atoms with E-state index in [0.717, 1.165) is 11.8 Å². The monoisotopic (exact) mass is 300 g/mol. The van der Waals surface area contributed by atoms with Gasteiger partial charge in [0, 0.05) is 23.1 Å². The van der Waals surface area contributed by atoms with E-state index in [4.69, 9.17) is 0 Å². The van der Waals surface area contributed by atoms with E-state index in [-0.39, 0.29) is 0 Å². The molecule has 0 spiro atoms. The van der Waals surface area contributed by atoms with E-state index in [2.05, 4.69) is 67.1 Å². The molecule has 1 heterocycles. The summed E-state index contributed by atoms with van der Waals surface area (Å²) in [5.41, 5.74) is 8.59. The van der Waals surface area contributed by atoms with Gasteiger partial charge in [-0.05, 0) is 66.8 Å². The van der Waals surface area contributed by atoms with Gasteiger partial charge < -0.3 is 0 Å². The van der Waals surface area contributed by atoms with Crippen molar-refractivity contribution in [3.8, 4) is 11.3 Å². The van der Waals surface area contributed by atoms with Crippen molar-refractivity contribution in [2.45, 2.75) is 32.1 Å². The lowest BCUT2D eigenvalue weighted by molar-refractivity contribution is -0.633. The van der Waals surface area contributed by atoms with Crippen LogP contribution in [0.15, 0.2) is 48.5 Å². The number of nitrogens with zero attached hydrogens (tertiary/aromatic N) is 1. The van der Waals surface area contributed by atoms with E-state index >= 15 is 0 Å². The Balaban J connectivity index is 1.75. The number of rotatable bonds is 1. The Bertz CT molecular complexity index is 932. The first-order valence-corrected chi connectivity index (χ1v) is 8.73. The highest BCUT2D eigenvalue weighted by molar-refractivity contribution is 5.83.